The summed E-state index contributed by atoms with van der Waals surface area (Å²) in [5, 5.41) is 2.63. The van der Waals surface area contributed by atoms with Crippen LogP contribution < -0.4 is 10.1 Å². The molecule has 0 aliphatic rings. The maximum Gasteiger partial charge on any atom is 0.407 e. The molecule has 0 aromatic carbocycles. The van der Waals surface area contributed by atoms with Crippen LogP contribution in [0.15, 0.2) is 30.5 Å². The third-order valence-electron chi connectivity index (χ3n) is 2.93. The van der Waals surface area contributed by atoms with E-state index in [9.17, 15) is 9.18 Å². The van der Waals surface area contributed by atoms with Gasteiger partial charge in [-0.15, -0.1) is 0 Å². The summed E-state index contributed by atoms with van der Waals surface area (Å²) in [7, 11) is 1.46. The molecule has 6 nitrogen and oxygen atoms in total. The summed E-state index contributed by atoms with van der Waals surface area (Å²) in [6, 6.07) is 6.09. The molecule has 0 saturated carbocycles. The molecule has 2 heterocycles. The highest BCUT2D eigenvalue weighted by Gasteiger charge is 2.16. The fraction of sp³-hybridized carbons (Fsp3) is 0.353. The van der Waals surface area contributed by atoms with Gasteiger partial charge in [-0.05, 0) is 38.5 Å². The van der Waals surface area contributed by atoms with Crippen molar-refractivity contribution in [3.63, 3.8) is 0 Å². The Morgan fingerprint density at radius 2 is 2.00 bits per heavy atom. The number of carbonyl (C=O) groups excluding carboxylic acids is 1. The summed E-state index contributed by atoms with van der Waals surface area (Å²) < 4.78 is 24.0. The van der Waals surface area contributed by atoms with E-state index in [0.29, 0.717) is 11.6 Å². The lowest BCUT2D eigenvalue weighted by molar-refractivity contribution is 0.0523. The fourth-order valence-electron chi connectivity index (χ4n) is 1.88. The van der Waals surface area contributed by atoms with Crippen LogP contribution in [0.3, 0.4) is 0 Å². The summed E-state index contributed by atoms with van der Waals surface area (Å²) in [6.45, 7) is 5.63. The standard InChI is InChI=1S/C17H20FN3O3/c1-17(2,3)24-16(22)20-10-11-5-7-13(19-9-11)15-12(18)6-8-14(21-15)23-4/h5-9H,10H2,1-4H3,(H,20,22). The van der Waals surface area contributed by atoms with E-state index < -0.39 is 17.5 Å². The van der Waals surface area contributed by atoms with Crippen LogP contribution in [0.5, 0.6) is 5.88 Å². The molecule has 1 N–H and O–H groups in total. The summed E-state index contributed by atoms with van der Waals surface area (Å²) in [4.78, 5) is 19.9. The molecule has 0 saturated heterocycles. The van der Waals surface area contributed by atoms with Crippen molar-refractivity contribution in [2.75, 3.05) is 7.11 Å². The van der Waals surface area contributed by atoms with Crippen molar-refractivity contribution in [1.29, 1.82) is 0 Å². The van der Waals surface area contributed by atoms with Crippen molar-refractivity contribution in [1.82, 2.24) is 15.3 Å². The Kier molecular flexibility index (Phi) is 5.33. The Morgan fingerprint density at radius 1 is 1.25 bits per heavy atom. The van der Waals surface area contributed by atoms with Gasteiger partial charge < -0.3 is 14.8 Å². The topological polar surface area (TPSA) is 73.3 Å². The lowest BCUT2D eigenvalue weighted by Crippen LogP contribution is -2.32. The number of rotatable bonds is 4. The van der Waals surface area contributed by atoms with Crippen molar-refractivity contribution in [3.8, 4) is 17.3 Å². The van der Waals surface area contributed by atoms with Crippen molar-refractivity contribution in [3.05, 3.63) is 41.8 Å². The Balaban J connectivity index is 2.05. The average Bonchev–Trinajstić information content (AvgIpc) is 2.52. The number of alkyl carbamates (subject to hydrolysis) is 1. The van der Waals surface area contributed by atoms with Gasteiger partial charge in [-0.25, -0.2) is 14.2 Å². The van der Waals surface area contributed by atoms with Gasteiger partial charge in [-0.3, -0.25) is 4.98 Å². The van der Waals surface area contributed by atoms with Crippen LogP contribution in [0.2, 0.25) is 0 Å². The zero-order valence-electron chi connectivity index (χ0n) is 14.1. The van der Waals surface area contributed by atoms with Crippen LogP contribution in [0.4, 0.5) is 9.18 Å². The summed E-state index contributed by atoms with van der Waals surface area (Å²) in [5.41, 5.74) is 0.697. The molecule has 2 aromatic heterocycles. The van der Waals surface area contributed by atoms with Crippen LogP contribution in [-0.2, 0) is 11.3 Å². The van der Waals surface area contributed by atoms with Crippen LogP contribution in [-0.4, -0.2) is 28.8 Å². The first-order valence-corrected chi connectivity index (χ1v) is 7.41. The van der Waals surface area contributed by atoms with Gasteiger partial charge in [0.15, 0.2) is 5.82 Å². The molecular weight excluding hydrogens is 313 g/mol. The normalized spacial score (nSPS) is 11.0. The first kappa shape index (κ1) is 17.7. The molecule has 0 aliphatic heterocycles. The number of halogens is 1. The van der Waals surface area contributed by atoms with E-state index in [1.807, 2.05) is 0 Å². The smallest absolute Gasteiger partial charge is 0.407 e. The van der Waals surface area contributed by atoms with E-state index in [2.05, 4.69) is 15.3 Å². The average molecular weight is 333 g/mol. The number of hydrogen-bond acceptors (Lipinski definition) is 5. The van der Waals surface area contributed by atoms with E-state index in [0.717, 1.165) is 5.56 Å². The van der Waals surface area contributed by atoms with Crippen LogP contribution in [0, 0.1) is 5.82 Å². The molecular formula is C17H20FN3O3. The number of methoxy groups -OCH3 is 1. The third-order valence-corrected chi connectivity index (χ3v) is 2.93. The second-order valence-electron chi connectivity index (χ2n) is 6.09. The van der Waals surface area contributed by atoms with Gasteiger partial charge in [0.1, 0.15) is 11.3 Å². The van der Waals surface area contributed by atoms with Gasteiger partial charge in [0, 0.05) is 18.8 Å². The van der Waals surface area contributed by atoms with Gasteiger partial charge in [0.05, 0.1) is 12.8 Å². The molecule has 0 unspecified atom stereocenters. The predicted octanol–water partition coefficient (Wildman–Crippen LogP) is 3.32. The fourth-order valence-corrected chi connectivity index (χ4v) is 1.88. The quantitative estimate of drug-likeness (QED) is 0.929. The molecule has 7 heteroatoms. The molecule has 2 rings (SSSR count). The number of pyridine rings is 2. The Bertz CT molecular complexity index is 712. The largest absolute Gasteiger partial charge is 0.481 e. The third kappa shape index (κ3) is 4.91. The highest BCUT2D eigenvalue weighted by Crippen LogP contribution is 2.21. The van der Waals surface area contributed by atoms with Gasteiger partial charge in [0.2, 0.25) is 5.88 Å². The minimum Gasteiger partial charge on any atom is -0.481 e. The summed E-state index contributed by atoms with van der Waals surface area (Å²) in [6.07, 6.45) is 1.04. The lowest BCUT2D eigenvalue weighted by atomic mass is 10.2. The minimum atomic E-state index is -0.554. The van der Waals surface area contributed by atoms with Crippen LogP contribution in [0.25, 0.3) is 11.4 Å². The first-order valence-electron chi connectivity index (χ1n) is 7.41. The molecule has 0 atom stereocenters. The molecule has 2 aromatic rings. The number of carbonyl (C=O) groups is 1. The van der Waals surface area contributed by atoms with Gasteiger partial charge in [0.25, 0.3) is 0 Å². The zero-order chi connectivity index (χ0) is 17.7. The van der Waals surface area contributed by atoms with Crippen molar-refractivity contribution < 1.29 is 18.7 Å². The Morgan fingerprint density at radius 3 is 2.58 bits per heavy atom. The molecule has 0 spiro atoms. The molecule has 128 valence electrons. The van der Waals surface area contributed by atoms with Crippen LogP contribution in [0.1, 0.15) is 26.3 Å². The molecule has 0 radical (unpaired) electrons. The molecule has 0 aliphatic carbocycles. The zero-order valence-corrected chi connectivity index (χ0v) is 14.1. The molecule has 24 heavy (non-hydrogen) atoms. The van der Waals surface area contributed by atoms with E-state index in [-0.39, 0.29) is 12.2 Å². The number of amides is 1. The number of hydrogen-bond donors (Lipinski definition) is 1. The first-order chi connectivity index (χ1) is 11.3. The van der Waals surface area contributed by atoms with Gasteiger partial charge in [-0.2, -0.15) is 0 Å². The van der Waals surface area contributed by atoms with E-state index >= 15 is 0 Å². The molecule has 0 bridgehead atoms. The number of nitrogens with one attached hydrogen (secondary N) is 1. The molecule has 1 amide bonds. The predicted molar refractivity (Wildman–Crippen MR) is 87.1 cm³/mol. The van der Waals surface area contributed by atoms with E-state index in [1.165, 1.54) is 19.2 Å². The summed E-state index contributed by atoms with van der Waals surface area (Å²) in [5.74, 6) is -0.174. The maximum absolute atomic E-state index is 13.9. The highest BCUT2D eigenvalue weighted by atomic mass is 19.1. The van der Waals surface area contributed by atoms with Crippen molar-refractivity contribution >= 4 is 6.09 Å². The number of ether oxygens (including phenoxy) is 2. The van der Waals surface area contributed by atoms with Gasteiger partial charge >= 0.3 is 6.09 Å². The van der Waals surface area contributed by atoms with E-state index in [1.54, 1.807) is 39.1 Å². The van der Waals surface area contributed by atoms with Gasteiger partial charge in [-0.1, -0.05) is 6.07 Å². The van der Waals surface area contributed by atoms with Crippen molar-refractivity contribution in [2.45, 2.75) is 32.9 Å². The second-order valence-corrected chi connectivity index (χ2v) is 6.09. The van der Waals surface area contributed by atoms with E-state index in [4.69, 9.17) is 9.47 Å². The van der Waals surface area contributed by atoms with Crippen molar-refractivity contribution in [2.24, 2.45) is 0 Å². The summed E-state index contributed by atoms with van der Waals surface area (Å²) >= 11 is 0. The number of nitrogens with zero attached hydrogens (tertiary/aromatic N) is 2. The lowest BCUT2D eigenvalue weighted by Gasteiger charge is -2.19. The number of aromatic nitrogens is 2. The minimum absolute atomic E-state index is 0.112. The second kappa shape index (κ2) is 7.25. The Hall–Kier alpha value is -2.70. The molecule has 0 fully saturated rings. The SMILES string of the molecule is COc1ccc(F)c(-c2ccc(CNC(=O)OC(C)(C)C)cn2)n1. The highest BCUT2D eigenvalue weighted by molar-refractivity contribution is 5.67. The Labute approximate surface area is 140 Å². The maximum atomic E-state index is 13.9. The monoisotopic (exact) mass is 333 g/mol. The van der Waals surface area contributed by atoms with Crippen LogP contribution >= 0.6 is 0 Å².